The molecule has 0 radical (unpaired) electrons. The van der Waals surface area contributed by atoms with E-state index in [0.29, 0.717) is 25.9 Å². The van der Waals surface area contributed by atoms with Gasteiger partial charge < -0.3 is 23.9 Å². The standard InChI is InChI=1S/C24H27NO6/c1-13(2)18-9-14-10-21(30-8-7-29-15-3-4-15)23-16(5-6-31-23)22(14)19-11-20(26)17(24(27)28)12-25(18)19/h10-13,15,18H,3-9H2,1-2H3,(H,27,28). The summed E-state index contributed by atoms with van der Waals surface area (Å²) in [5, 5.41) is 9.46. The van der Waals surface area contributed by atoms with E-state index in [1.54, 1.807) is 0 Å². The zero-order valence-electron chi connectivity index (χ0n) is 17.8. The fourth-order valence-corrected chi connectivity index (χ4v) is 4.66. The van der Waals surface area contributed by atoms with Gasteiger partial charge in [-0.2, -0.15) is 0 Å². The van der Waals surface area contributed by atoms with E-state index in [4.69, 9.17) is 14.2 Å². The Kier molecular flexibility index (Phi) is 5.01. The Labute approximate surface area is 180 Å². The highest BCUT2D eigenvalue weighted by Gasteiger charge is 2.33. The van der Waals surface area contributed by atoms with Crippen LogP contribution in [0.5, 0.6) is 11.5 Å². The van der Waals surface area contributed by atoms with E-state index in [1.165, 1.54) is 12.3 Å². The highest BCUT2D eigenvalue weighted by atomic mass is 16.5. The maximum Gasteiger partial charge on any atom is 0.341 e. The van der Waals surface area contributed by atoms with E-state index in [2.05, 4.69) is 13.8 Å². The number of ether oxygens (including phenoxy) is 3. The van der Waals surface area contributed by atoms with Gasteiger partial charge in [0, 0.05) is 35.9 Å². The van der Waals surface area contributed by atoms with Crippen LogP contribution in [0.4, 0.5) is 0 Å². The summed E-state index contributed by atoms with van der Waals surface area (Å²) < 4.78 is 19.6. The Hall–Kier alpha value is -2.80. The molecule has 1 fully saturated rings. The lowest BCUT2D eigenvalue weighted by molar-refractivity contribution is 0.0694. The maximum absolute atomic E-state index is 12.6. The zero-order valence-corrected chi connectivity index (χ0v) is 17.8. The van der Waals surface area contributed by atoms with E-state index in [0.717, 1.165) is 59.6 Å². The molecule has 0 bridgehead atoms. The summed E-state index contributed by atoms with van der Waals surface area (Å²) in [4.78, 5) is 24.1. The summed E-state index contributed by atoms with van der Waals surface area (Å²) in [5.74, 6) is 0.525. The Morgan fingerprint density at radius 2 is 2.10 bits per heavy atom. The molecule has 1 unspecified atom stereocenters. The molecule has 164 valence electrons. The highest BCUT2D eigenvalue weighted by Crippen LogP contribution is 2.48. The van der Waals surface area contributed by atoms with Crippen molar-refractivity contribution in [3.05, 3.63) is 45.2 Å². The number of carbonyl (C=O) groups is 1. The van der Waals surface area contributed by atoms with Crippen LogP contribution in [0.25, 0.3) is 11.3 Å². The molecule has 1 aliphatic carbocycles. The zero-order chi connectivity index (χ0) is 21.7. The third kappa shape index (κ3) is 3.61. The first-order chi connectivity index (χ1) is 14.9. The Balaban J connectivity index is 1.58. The Morgan fingerprint density at radius 3 is 2.81 bits per heavy atom. The Bertz CT molecular complexity index is 1100. The first kappa shape index (κ1) is 20.1. The van der Waals surface area contributed by atoms with Crippen molar-refractivity contribution in [2.24, 2.45) is 5.92 Å². The van der Waals surface area contributed by atoms with Crippen LogP contribution in [0.15, 0.2) is 23.1 Å². The monoisotopic (exact) mass is 425 g/mol. The molecule has 1 atom stereocenters. The summed E-state index contributed by atoms with van der Waals surface area (Å²) in [6, 6.07) is 3.55. The Morgan fingerprint density at radius 1 is 1.29 bits per heavy atom. The summed E-state index contributed by atoms with van der Waals surface area (Å²) in [7, 11) is 0. The van der Waals surface area contributed by atoms with Crippen molar-refractivity contribution >= 4 is 5.97 Å². The molecule has 31 heavy (non-hydrogen) atoms. The van der Waals surface area contributed by atoms with Gasteiger partial charge >= 0.3 is 5.97 Å². The van der Waals surface area contributed by atoms with E-state index in [1.807, 2.05) is 10.6 Å². The molecule has 3 aliphatic rings. The minimum Gasteiger partial charge on any atom is -0.489 e. The van der Waals surface area contributed by atoms with Gasteiger partial charge in [-0.1, -0.05) is 13.8 Å². The van der Waals surface area contributed by atoms with Gasteiger partial charge in [0.1, 0.15) is 12.2 Å². The average Bonchev–Trinajstić information content (AvgIpc) is 3.42. The van der Waals surface area contributed by atoms with Gasteiger partial charge in [0.25, 0.3) is 0 Å². The second-order valence-electron chi connectivity index (χ2n) is 8.90. The summed E-state index contributed by atoms with van der Waals surface area (Å²) >= 11 is 0. The normalized spacial score (nSPS) is 18.9. The first-order valence-electron chi connectivity index (χ1n) is 11.0. The third-order valence-corrected chi connectivity index (χ3v) is 6.37. The number of hydrogen-bond acceptors (Lipinski definition) is 5. The van der Waals surface area contributed by atoms with Crippen LogP contribution >= 0.6 is 0 Å². The molecule has 0 spiro atoms. The molecular weight excluding hydrogens is 398 g/mol. The lowest BCUT2D eigenvalue weighted by Gasteiger charge is -2.34. The van der Waals surface area contributed by atoms with Gasteiger partial charge in [0.2, 0.25) is 0 Å². The molecule has 7 heteroatoms. The number of hydrogen-bond donors (Lipinski definition) is 1. The molecule has 2 aromatic rings. The highest BCUT2D eigenvalue weighted by molar-refractivity contribution is 5.88. The number of pyridine rings is 1. The van der Waals surface area contributed by atoms with E-state index in [-0.39, 0.29) is 17.5 Å². The number of fused-ring (bicyclic) bond motifs is 5. The topological polar surface area (TPSA) is 87.0 Å². The molecule has 1 N–H and O–H groups in total. The van der Waals surface area contributed by atoms with Crippen molar-refractivity contribution < 1.29 is 24.1 Å². The van der Waals surface area contributed by atoms with Gasteiger partial charge in [-0.15, -0.1) is 0 Å². The van der Waals surface area contributed by atoms with Crippen molar-refractivity contribution in [2.45, 2.75) is 51.7 Å². The van der Waals surface area contributed by atoms with Crippen LogP contribution in [0.1, 0.15) is 54.2 Å². The quantitative estimate of drug-likeness (QED) is 0.684. The lowest BCUT2D eigenvalue weighted by atomic mass is 9.84. The largest absolute Gasteiger partial charge is 0.489 e. The molecule has 2 aliphatic heterocycles. The van der Waals surface area contributed by atoms with Crippen LogP contribution in [0.3, 0.4) is 0 Å². The van der Waals surface area contributed by atoms with Crippen molar-refractivity contribution in [3.63, 3.8) is 0 Å². The second-order valence-corrected chi connectivity index (χ2v) is 8.90. The molecule has 5 rings (SSSR count). The second kappa shape index (κ2) is 7.71. The number of rotatable bonds is 7. The van der Waals surface area contributed by atoms with Gasteiger partial charge in [-0.3, -0.25) is 4.79 Å². The predicted octanol–water partition coefficient (Wildman–Crippen LogP) is 3.46. The van der Waals surface area contributed by atoms with Crippen LogP contribution in [-0.4, -0.2) is 41.6 Å². The van der Waals surface area contributed by atoms with Crippen LogP contribution < -0.4 is 14.9 Å². The van der Waals surface area contributed by atoms with Gasteiger partial charge in [0.15, 0.2) is 16.9 Å². The smallest absolute Gasteiger partial charge is 0.341 e. The van der Waals surface area contributed by atoms with Crippen molar-refractivity contribution in [3.8, 4) is 22.8 Å². The molecule has 1 aromatic carbocycles. The molecule has 7 nitrogen and oxygen atoms in total. The molecule has 1 saturated carbocycles. The molecule has 3 heterocycles. The number of carboxylic acid groups (broad SMARTS) is 1. The van der Waals surface area contributed by atoms with E-state index in [9.17, 15) is 14.7 Å². The van der Waals surface area contributed by atoms with E-state index < -0.39 is 11.4 Å². The fraction of sp³-hybridized carbons (Fsp3) is 0.500. The van der Waals surface area contributed by atoms with E-state index >= 15 is 0 Å². The first-order valence-corrected chi connectivity index (χ1v) is 11.0. The number of benzene rings is 1. The minimum absolute atomic E-state index is 0.0487. The fourth-order valence-electron chi connectivity index (χ4n) is 4.66. The van der Waals surface area contributed by atoms with Crippen molar-refractivity contribution in [2.75, 3.05) is 19.8 Å². The molecule has 0 saturated heterocycles. The van der Waals surface area contributed by atoms with Crippen molar-refractivity contribution in [1.82, 2.24) is 4.57 Å². The molecule has 1 aromatic heterocycles. The number of nitrogens with zero attached hydrogens (tertiary/aromatic N) is 1. The van der Waals surface area contributed by atoms with Gasteiger partial charge in [-0.25, -0.2) is 4.79 Å². The van der Waals surface area contributed by atoms with Crippen molar-refractivity contribution in [1.29, 1.82) is 0 Å². The van der Waals surface area contributed by atoms with Gasteiger partial charge in [0.05, 0.1) is 25.0 Å². The third-order valence-electron chi connectivity index (χ3n) is 6.37. The SMILES string of the molecule is CC(C)C1Cc2cc(OCCOC3CC3)c3c(c2-c2cc(=O)c(C(=O)O)cn21)CCO3. The molecule has 0 amide bonds. The predicted molar refractivity (Wildman–Crippen MR) is 114 cm³/mol. The van der Waals surface area contributed by atoms with Gasteiger partial charge in [-0.05, 0) is 36.8 Å². The summed E-state index contributed by atoms with van der Waals surface area (Å²) in [6.45, 7) is 5.81. The van der Waals surface area contributed by atoms with Crippen LogP contribution in [0.2, 0.25) is 0 Å². The molecular formula is C24H27NO6. The maximum atomic E-state index is 12.6. The van der Waals surface area contributed by atoms with Crippen LogP contribution in [0, 0.1) is 5.92 Å². The summed E-state index contributed by atoms with van der Waals surface area (Å²) in [6.07, 6.45) is 5.65. The van der Waals surface area contributed by atoms with Crippen LogP contribution in [-0.2, 0) is 17.6 Å². The summed E-state index contributed by atoms with van der Waals surface area (Å²) in [5.41, 5.74) is 3.23. The number of aromatic carboxylic acids is 1. The minimum atomic E-state index is -1.20. The number of aromatic nitrogens is 1. The number of carboxylic acids is 1. The average molecular weight is 425 g/mol. The lowest BCUT2D eigenvalue weighted by Crippen LogP contribution is -2.28.